The highest BCUT2D eigenvalue weighted by atomic mass is 32.2. The highest BCUT2D eigenvalue weighted by Gasteiger charge is 2.36. The minimum atomic E-state index is -4.76. The lowest BCUT2D eigenvalue weighted by atomic mass is 10.1. The number of hydrogen-bond acceptors (Lipinski definition) is 6. The summed E-state index contributed by atoms with van der Waals surface area (Å²) in [5.41, 5.74) is -0.962. The van der Waals surface area contributed by atoms with E-state index in [0.717, 1.165) is 28.3 Å². The quantitative estimate of drug-likeness (QED) is 0.214. The van der Waals surface area contributed by atoms with E-state index >= 15 is 0 Å². The number of carbonyl (C=O) groups is 2. The SMILES string of the molecule is O=C1S/C(=C/c2ccccc2Oc2ccc(C(F)(F)F)cc2[N+](=O)[O-])C(=O)N1Cc1ccccc1. The van der Waals surface area contributed by atoms with Crippen LogP contribution in [-0.2, 0) is 17.5 Å². The van der Waals surface area contributed by atoms with Gasteiger partial charge in [-0.25, -0.2) is 0 Å². The van der Waals surface area contributed by atoms with Crippen LogP contribution in [0.2, 0.25) is 0 Å². The summed E-state index contributed by atoms with van der Waals surface area (Å²) >= 11 is 0.733. The van der Waals surface area contributed by atoms with Crippen LogP contribution in [-0.4, -0.2) is 21.0 Å². The third kappa shape index (κ3) is 5.35. The molecule has 0 N–H and O–H groups in total. The molecule has 178 valence electrons. The smallest absolute Gasteiger partial charge is 0.416 e. The molecule has 1 aliphatic rings. The summed E-state index contributed by atoms with van der Waals surface area (Å²) in [4.78, 5) is 36.9. The Hall–Kier alpha value is -4.12. The molecule has 0 aromatic heterocycles. The van der Waals surface area contributed by atoms with Gasteiger partial charge in [0.05, 0.1) is 21.9 Å². The summed E-state index contributed by atoms with van der Waals surface area (Å²) in [6.45, 7) is 0.0960. The van der Waals surface area contributed by atoms with Gasteiger partial charge >= 0.3 is 11.9 Å². The Bertz CT molecular complexity index is 1340. The van der Waals surface area contributed by atoms with Crippen LogP contribution in [0, 0.1) is 10.1 Å². The summed E-state index contributed by atoms with van der Waals surface area (Å²) in [6, 6.07) is 17.1. The van der Waals surface area contributed by atoms with Crippen molar-refractivity contribution in [1.29, 1.82) is 0 Å². The largest absolute Gasteiger partial charge is 0.449 e. The molecule has 0 radical (unpaired) electrons. The van der Waals surface area contributed by atoms with E-state index < -0.39 is 39.2 Å². The molecule has 0 atom stereocenters. The Morgan fingerprint density at radius 1 is 0.971 bits per heavy atom. The first-order valence-electron chi connectivity index (χ1n) is 10.1. The zero-order valence-corrected chi connectivity index (χ0v) is 18.5. The van der Waals surface area contributed by atoms with Crippen LogP contribution in [0.5, 0.6) is 11.5 Å². The van der Waals surface area contributed by atoms with Crippen molar-refractivity contribution in [2.24, 2.45) is 0 Å². The molecular weight excluding hydrogens is 485 g/mol. The first kappa shape index (κ1) is 24.0. The van der Waals surface area contributed by atoms with Gasteiger partial charge in [-0.1, -0.05) is 48.5 Å². The Morgan fingerprint density at radius 3 is 2.34 bits per heavy atom. The Kier molecular flexibility index (Phi) is 6.61. The van der Waals surface area contributed by atoms with Crippen LogP contribution in [0.1, 0.15) is 16.7 Å². The average Bonchev–Trinajstić information content (AvgIpc) is 3.07. The number of para-hydroxylation sites is 1. The Morgan fingerprint density at radius 2 is 1.66 bits per heavy atom. The fourth-order valence-electron chi connectivity index (χ4n) is 3.28. The molecule has 0 spiro atoms. The first-order valence-corrected chi connectivity index (χ1v) is 10.9. The van der Waals surface area contributed by atoms with Gasteiger partial charge in [-0.3, -0.25) is 24.6 Å². The van der Waals surface area contributed by atoms with Gasteiger partial charge in [-0.15, -0.1) is 0 Å². The van der Waals surface area contributed by atoms with Gasteiger partial charge in [0.15, 0.2) is 0 Å². The van der Waals surface area contributed by atoms with E-state index in [9.17, 15) is 32.9 Å². The molecule has 1 fully saturated rings. The Balaban J connectivity index is 1.63. The fourth-order valence-corrected chi connectivity index (χ4v) is 4.11. The second-order valence-corrected chi connectivity index (χ2v) is 8.32. The number of alkyl halides is 3. The number of benzene rings is 3. The fraction of sp³-hybridized carbons (Fsp3) is 0.0833. The van der Waals surface area contributed by atoms with E-state index in [-0.39, 0.29) is 17.2 Å². The lowest BCUT2D eigenvalue weighted by Gasteiger charge is -2.12. The summed E-state index contributed by atoms with van der Waals surface area (Å²) < 4.78 is 44.5. The van der Waals surface area contributed by atoms with Crippen molar-refractivity contribution in [2.75, 3.05) is 0 Å². The van der Waals surface area contributed by atoms with Crippen LogP contribution in [0.25, 0.3) is 6.08 Å². The minimum absolute atomic E-state index is 0.0604. The van der Waals surface area contributed by atoms with Crippen LogP contribution in [0.3, 0.4) is 0 Å². The van der Waals surface area contributed by atoms with E-state index in [1.54, 1.807) is 42.5 Å². The molecule has 0 bridgehead atoms. The molecule has 7 nitrogen and oxygen atoms in total. The third-order valence-corrected chi connectivity index (χ3v) is 5.87. The average molecular weight is 500 g/mol. The van der Waals surface area contributed by atoms with Gasteiger partial charge in [0.25, 0.3) is 11.1 Å². The third-order valence-electron chi connectivity index (χ3n) is 4.97. The molecule has 11 heteroatoms. The van der Waals surface area contributed by atoms with Crippen LogP contribution >= 0.6 is 11.8 Å². The molecule has 0 aliphatic carbocycles. The maximum Gasteiger partial charge on any atom is 0.416 e. The number of nitro groups is 1. The molecule has 0 unspecified atom stereocenters. The van der Waals surface area contributed by atoms with Gasteiger partial charge in [0.1, 0.15) is 5.75 Å². The van der Waals surface area contributed by atoms with Crippen molar-refractivity contribution in [2.45, 2.75) is 12.7 Å². The van der Waals surface area contributed by atoms with Crippen molar-refractivity contribution in [1.82, 2.24) is 4.90 Å². The number of imide groups is 1. The normalized spacial score (nSPS) is 15.1. The van der Waals surface area contributed by atoms with Crippen molar-refractivity contribution in [3.63, 3.8) is 0 Å². The van der Waals surface area contributed by atoms with E-state index in [1.165, 1.54) is 12.1 Å². The second-order valence-electron chi connectivity index (χ2n) is 7.33. The molecule has 35 heavy (non-hydrogen) atoms. The number of rotatable bonds is 6. The predicted octanol–water partition coefficient (Wildman–Crippen LogP) is 6.64. The highest BCUT2D eigenvalue weighted by Crippen LogP contribution is 2.40. The van der Waals surface area contributed by atoms with Gasteiger partial charge in [-0.05, 0) is 41.6 Å². The van der Waals surface area contributed by atoms with Gasteiger partial charge < -0.3 is 4.74 Å². The predicted molar refractivity (Wildman–Crippen MR) is 123 cm³/mol. The molecule has 0 saturated carbocycles. The molecular formula is C24H15F3N2O5S. The lowest BCUT2D eigenvalue weighted by Crippen LogP contribution is -2.27. The number of hydrogen-bond donors (Lipinski definition) is 0. The number of thioether (sulfide) groups is 1. The molecule has 1 aliphatic heterocycles. The first-order chi connectivity index (χ1) is 16.6. The van der Waals surface area contributed by atoms with Crippen LogP contribution in [0.15, 0.2) is 77.7 Å². The maximum absolute atomic E-state index is 13.0. The molecule has 4 rings (SSSR count). The van der Waals surface area contributed by atoms with E-state index in [4.69, 9.17) is 4.74 Å². The summed E-state index contributed by atoms with van der Waals surface area (Å²) in [6.07, 6.45) is -3.36. The van der Waals surface area contributed by atoms with Crippen molar-refractivity contribution < 1.29 is 32.4 Å². The van der Waals surface area contributed by atoms with Crippen LogP contribution < -0.4 is 4.74 Å². The number of halogens is 3. The minimum Gasteiger partial charge on any atom is -0.449 e. The monoisotopic (exact) mass is 500 g/mol. The topological polar surface area (TPSA) is 89.7 Å². The van der Waals surface area contributed by atoms with Crippen LogP contribution in [0.4, 0.5) is 23.7 Å². The number of carbonyl (C=O) groups excluding carboxylic acids is 2. The Labute approximate surface area is 201 Å². The standard InChI is InChI=1S/C24H15F3N2O5S/c25-24(26,27)17-10-11-20(18(13-17)29(32)33)34-19-9-5-4-8-16(19)12-21-22(30)28(23(31)35-21)14-15-6-2-1-3-7-15/h1-13H,14H2/b21-12+. The van der Waals surface area contributed by atoms with Crippen molar-refractivity contribution in [3.05, 3.63) is 105 Å². The second kappa shape index (κ2) is 9.63. The number of nitrogens with zero attached hydrogens (tertiary/aromatic N) is 2. The highest BCUT2D eigenvalue weighted by molar-refractivity contribution is 8.18. The maximum atomic E-state index is 13.0. The van der Waals surface area contributed by atoms with E-state index in [1.807, 2.05) is 6.07 Å². The molecule has 3 aromatic carbocycles. The number of ether oxygens (including phenoxy) is 1. The summed E-state index contributed by atoms with van der Waals surface area (Å²) in [5, 5.41) is 10.9. The van der Waals surface area contributed by atoms with Crippen molar-refractivity contribution >= 4 is 34.7 Å². The summed E-state index contributed by atoms with van der Waals surface area (Å²) in [5.74, 6) is -0.856. The van der Waals surface area contributed by atoms with Gasteiger partial charge in [0, 0.05) is 11.6 Å². The van der Waals surface area contributed by atoms with Gasteiger partial charge in [-0.2, -0.15) is 13.2 Å². The zero-order chi connectivity index (χ0) is 25.2. The van der Waals surface area contributed by atoms with E-state index in [2.05, 4.69) is 0 Å². The van der Waals surface area contributed by atoms with Crippen molar-refractivity contribution in [3.8, 4) is 11.5 Å². The molecule has 1 saturated heterocycles. The number of amides is 2. The van der Waals surface area contributed by atoms with Gasteiger partial charge in [0.2, 0.25) is 5.75 Å². The number of nitro benzene ring substituents is 1. The summed E-state index contributed by atoms with van der Waals surface area (Å²) in [7, 11) is 0. The lowest BCUT2D eigenvalue weighted by molar-refractivity contribution is -0.385. The zero-order valence-electron chi connectivity index (χ0n) is 17.7. The molecule has 3 aromatic rings. The van der Waals surface area contributed by atoms with E-state index in [0.29, 0.717) is 17.7 Å². The molecule has 1 heterocycles. The molecule has 2 amide bonds.